The maximum absolute atomic E-state index is 12.2. The molecular formula is C15H24F3N3O2. The van der Waals surface area contributed by atoms with Crippen molar-refractivity contribution in [1.82, 2.24) is 15.5 Å². The molecule has 0 aromatic rings. The highest BCUT2D eigenvalue weighted by Gasteiger charge is 2.31. The minimum absolute atomic E-state index is 0.0250. The van der Waals surface area contributed by atoms with E-state index in [9.17, 15) is 22.8 Å². The predicted molar refractivity (Wildman–Crippen MR) is 78.6 cm³/mol. The van der Waals surface area contributed by atoms with Gasteiger partial charge in [0.05, 0.1) is 12.5 Å². The summed E-state index contributed by atoms with van der Waals surface area (Å²) in [4.78, 5) is 25.3. The second kappa shape index (κ2) is 7.99. The van der Waals surface area contributed by atoms with Crippen molar-refractivity contribution in [3.05, 3.63) is 0 Å². The van der Waals surface area contributed by atoms with Crippen LogP contribution in [-0.2, 0) is 9.59 Å². The Morgan fingerprint density at radius 3 is 2.65 bits per heavy atom. The molecule has 23 heavy (non-hydrogen) atoms. The molecule has 2 aliphatic rings. The summed E-state index contributed by atoms with van der Waals surface area (Å²) in [5.74, 6) is -0.359. The molecule has 2 N–H and O–H groups in total. The van der Waals surface area contributed by atoms with Crippen LogP contribution >= 0.6 is 0 Å². The molecule has 8 heteroatoms. The lowest BCUT2D eigenvalue weighted by atomic mass is 9.97. The molecule has 2 unspecified atom stereocenters. The highest BCUT2D eigenvalue weighted by atomic mass is 19.4. The largest absolute Gasteiger partial charge is 0.389 e. The lowest BCUT2D eigenvalue weighted by Crippen LogP contribution is -2.46. The van der Waals surface area contributed by atoms with Gasteiger partial charge in [0.15, 0.2) is 0 Å². The zero-order valence-electron chi connectivity index (χ0n) is 13.1. The Labute approximate surface area is 134 Å². The van der Waals surface area contributed by atoms with Crippen LogP contribution < -0.4 is 10.6 Å². The first kappa shape index (κ1) is 18.0. The van der Waals surface area contributed by atoms with Crippen molar-refractivity contribution >= 4 is 11.8 Å². The second-order valence-corrected chi connectivity index (χ2v) is 6.36. The second-order valence-electron chi connectivity index (χ2n) is 6.36. The van der Waals surface area contributed by atoms with E-state index < -0.39 is 24.9 Å². The monoisotopic (exact) mass is 335 g/mol. The summed E-state index contributed by atoms with van der Waals surface area (Å²) in [5, 5.41) is 6.01. The van der Waals surface area contributed by atoms with Crippen LogP contribution in [0, 0.1) is 5.92 Å². The Balaban J connectivity index is 1.72. The van der Waals surface area contributed by atoms with Crippen molar-refractivity contribution in [3.63, 3.8) is 0 Å². The Morgan fingerprint density at radius 1 is 1.22 bits per heavy atom. The molecule has 2 amide bonds. The molecule has 5 nitrogen and oxygen atoms in total. The lowest BCUT2D eigenvalue weighted by molar-refractivity contribution is -0.150. The third-order valence-electron chi connectivity index (χ3n) is 4.44. The van der Waals surface area contributed by atoms with Crippen LogP contribution in [0.5, 0.6) is 0 Å². The molecule has 0 saturated carbocycles. The van der Waals surface area contributed by atoms with E-state index in [2.05, 4.69) is 10.6 Å². The minimum Gasteiger partial charge on any atom is -0.354 e. The molecule has 132 valence electrons. The first-order chi connectivity index (χ1) is 10.8. The average molecular weight is 335 g/mol. The molecule has 2 saturated heterocycles. The van der Waals surface area contributed by atoms with Gasteiger partial charge in [-0.15, -0.1) is 0 Å². The molecule has 0 aliphatic carbocycles. The van der Waals surface area contributed by atoms with Gasteiger partial charge in [-0.05, 0) is 38.1 Å². The summed E-state index contributed by atoms with van der Waals surface area (Å²) in [5.41, 5.74) is 0. The van der Waals surface area contributed by atoms with Crippen molar-refractivity contribution < 1.29 is 22.8 Å². The first-order valence-electron chi connectivity index (χ1n) is 8.21. The maximum Gasteiger partial charge on any atom is 0.389 e. The van der Waals surface area contributed by atoms with Crippen LogP contribution in [0.15, 0.2) is 0 Å². The quantitative estimate of drug-likeness (QED) is 0.799. The van der Waals surface area contributed by atoms with Gasteiger partial charge >= 0.3 is 6.18 Å². The maximum atomic E-state index is 12.2. The van der Waals surface area contributed by atoms with E-state index in [0.717, 1.165) is 32.2 Å². The van der Waals surface area contributed by atoms with Crippen molar-refractivity contribution in [2.24, 2.45) is 5.92 Å². The molecule has 2 aliphatic heterocycles. The fourth-order valence-corrected chi connectivity index (χ4v) is 3.14. The van der Waals surface area contributed by atoms with Crippen LogP contribution in [0.2, 0.25) is 0 Å². The summed E-state index contributed by atoms with van der Waals surface area (Å²) in [6, 6.07) is -0.136. The molecule has 0 spiro atoms. The summed E-state index contributed by atoms with van der Waals surface area (Å²) in [7, 11) is 0. The summed E-state index contributed by atoms with van der Waals surface area (Å²) in [6.07, 6.45) is -2.40. The number of piperidine rings is 1. The van der Waals surface area contributed by atoms with Crippen LogP contribution in [0.1, 0.15) is 38.5 Å². The number of hydrogen-bond donors (Lipinski definition) is 2. The highest BCUT2D eigenvalue weighted by Crippen LogP contribution is 2.23. The van der Waals surface area contributed by atoms with E-state index in [-0.39, 0.29) is 17.9 Å². The van der Waals surface area contributed by atoms with Gasteiger partial charge in [-0.3, -0.25) is 9.59 Å². The van der Waals surface area contributed by atoms with Gasteiger partial charge in [0, 0.05) is 26.1 Å². The Hall–Kier alpha value is -1.31. The van der Waals surface area contributed by atoms with Gasteiger partial charge in [0.2, 0.25) is 11.8 Å². The van der Waals surface area contributed by atoms with Crippen LogP contribution in [0.4, 0.5) is 13.2 Å². The number of nitrogens with one attached hydrogen (secondary N) is 2. The van der Waals surface area contributed by atoms with Crippen LogP contribution in [0.25, 0.3) is 0 Å². The fourth-order valence-electron chi connectivity index (χ4n) is 3.14. The Kier molecular flexibility index (Phi) is 6.26. The molecule has 0 aromatic carbocycles. The van der Waals surface area contributed by atoms with Gasteiger partial charge in [-0.1, -0.05) is 0 Å². The molecule has 0 radical (unpaired) electrons. The van der Waals surface area contributed by atoms with Gasteiger partial charge in [-0.25, -0.2) is 0 Å². The Morgan fingerprint density at radius 2 is 2.00 bits per heavy atom. The first-order valence-corrected chi connectivity index (χ1v) is 8.21. The van der Waals surface area contributed by atoms with Crippen LogP contribution in [0.3, 0.4) is 0 Å². The van der Waals surface area contributed by atoms with Crippen molar-refractivity contribution in [2.75, 3.05) is 26.2 Å². The third-order valence-corrected chi connectivity index (χ3v) is 4.44. The van der Waals surface area contributed by atoms with E-state index in [4.69, 9.17) is 0 Å². The van der Waals surface area contributed by atoms with E-state index in [1.165, 1.54) is 4.90 Å². The van der Waals surface area contributed by atoms with E-state index in [0.29, 0.717) is 19.6 Å². The molecular weight excluding hydrogens is 311 g/mol. The average Bonchev–Trinajstić information content (AvgIpc) is 3.04. The number of nitrogens with zero attached hydrogens (tertiary/aromatic N) is 1. The Bertz CT molecular complexity index is 423. The van der Waals surface area contributed by atoms with Gasteiger partial charge < -0.3 is 15.5 Å². The SMILES string of the molecule is O=C(NCC1CCCN(C(=O)CCC(F)(F)F)C1)C1CCCN1. The predicted octanol–water partition coefficient (Wildman–Crippen LogP) is 1.44. The number of likely N-dealkylation sites (tertiary alicyclic amines) is 1. The standard InChI is InChI=1S/C15H24F3N3O2/c16-15(17,18)6-5-13(22)21-8-2-3-11(10-21)9-20-14(23)12-4-1-7-19-12/h11-12,19H,1-10H2,(H,20,23). The van der Waals surface area contributed by atoms with E-state index in [1.807, 2.05) is 0 Å². The van der Waals surface area contributed by atoms with Crippen LogP contribution in [-0.4, -0.2) is 55.1 Å². The number of amides is 2. The third kappa shape index (κ3) is 6.01. The molecule has 0 aromatic heterocycles. The number of hydrogen-bond acceptors (Lipinski definition) is 3. The fraction of sp³-hybridized carbons (Fsp3) is 0.867. The zero-order chi connectivity index (χ0) is 16.9. The van der Waals surface area contributed by atoms with Gasteiger partial charge in [0.25, 0.3) is 0 Å². The minimum atomic E-state index is -4.30. The normalized spacial score (nSPS) is 25.4. The molecule has 2 fully saturated rings. The highest BCUT2D eigenvalue weighted by molar-refractivity contribution is 5.82. The summed E-state index contributed by atoms with van der Waals surface area (Å²) in [6.45, 7) is 2.25. The smallest absolute Gasteiger partial charge is 0.354 e. The van der Waals surface area contributed by atoms with Gasteiger partial charge in [0.1, 0.15) is 0 Å². The molecule has 0 bridgehead atoms. The van der Waals surface area contributed by atoms with Gasteiger partial charge in [-0.2, -0.15) is 13.2 Å². The zero-order valence-corrected chi connectivity index (χ0v) is 13.1. The topological polar surface area (TPSA) is 61.4 Å². The number of halogens is 3. The number of carbonyl (C=O) groups is 2. The summed E-state index contributed by atoms with van der Waals surface area (Å²) < 4.78 is 36.6. The van der Waals surface area contributed by atoms with Crippen molar-refractivity contribution in [1.29, 1.82) is 0 Å². The van der Waals surface area contributed by atoms with E-state index >= 15 is 0 Å². The molecule has 2 rings (SSSR count). The van der Waals surface area contributed by atoms with E-state index in [1.54, 1.807) is 0 Å². The number of rotatable bonds is 5. The van der Waals surface area contributed by atoms with Crippen molar-refractivity contribution in [3.8, 4) is 0 Å². The summed E-state index contributed by atoms with van der Waals surface area (Å²) >= 11 is 0. The number of alkyl halides is 3. The molecule has 2 heterocycles. The molecule has 2 atom stereocenters. The number of carbonyl (C=O) groups excluding carboxylic acids is 2. The lowest BCUT2D eigenvalue weighted by Gasteiger charge is -2.33. The van der Waals surface area contributed by atoms with Crippen molar-refractivity contribution in [2.45, 2.75) is 50.7 Å².